The van der Waals surface area contributed by atoms with Gasteiger partial charge in [-0.05, 0) is 38.1 Å². The number of anilines is 1. The van der Waals surface area contributed by atoms with Gasteiger partial charge in [0.1, 0.15) is 10.6 Å². The molecule has 0 aromatic carbocycles. The monoisotopic (exact) mass is 421 g/mol. The smallest absolute Gasteiger partial charge is 0.261 e. The van der Waals surface area contributed by atoms with Crippen molar-refractivity contribution in [1.29, 1.82) is 0 Å². The molecule has 4 heterocycles. The predicted octanol–water partition coefficient (Wildman–Crippen LogP) is 2.47. The molecule has 152 valence electrons. The highest BCUT2D eigenvalue weighted by Crippen LogP contribution is 2.34. The molecule has 0 aliphatic carbocycles. The summed E-state index contributed by atoms with van der Waals surface area (Å²) in [5.74, 6) is 0.970. The molecule has 0 atom stereocenters. The number of nitrogens with one attached hydrogen (secondary N) is 1. The number of carbonyl (C=O) groups excluding carboxylic acids is 1. The van der Waals surface area contributed by atoms with Gasteiger partial charge in [-0.3, -0.25) is 9.69 Å². The third-order valence-corrected chi connectivity index (χ3v) is 6.78. The Morgan fingerprint density at radius 3 is 2.79 bits per heavy atom. The van der Waals surface area contributed by atoms with Gasteiger partial charge in [0, 0.05) is 32.7 Å². The number of nitrogens with zero attached hydrogens (tertiary/aromatic N) is 4. The number of aromatic nitrogens is 2. The van der Waals surface area contributed by atoms with E-state index < -0.39 is 0 Å². The van der Waals surface area contributed by atoms with Gasteiger partial charge in [0.15, 0.2) is 5.16 Å². The van der Waals surface area contributed by atoms with Gasteiger partial charge in [0.2, 0.25) is 0 Å². The highest BCUT2D eigenvalue weighted by Gasteiger charge is 2.21. The van der Waals surface area contributed by atoms with Gasteiger partial charge >= 0.3 is 0 Å². The second-order valence-electron chi connectivity index (χ2n) is 7.12. The molecule has 1 N–H and O–H groups in total. The number of hydrogen-bond acceptors (Lipinski definition) is 8. The van der Waals surface area contributed by atoms with Crippen LogP contribution in [0.15, 0.2) is 11.2 Å². The number of morpholine rings is 1. The number of rotatable bonds is 7. The molecule has 2 aliphatic rings. The van der Waals surface area contributed by atoms with Crippen LogP contribution in [0.25, 0.3) is 10.2 Å². The molecule has 1 amide bonds. The molecule has 4 rings (SSSR count). The van der Waals surface area contributed by atoms with Crippen LogP contribution in [0.4, 0.5) is 5.82 Å². The van der Waals surface area contributed by atoms with E-state index in [1.807, 2.05) is 12.3 Å². The van der Waals surface area contributed by atoms with Crippen molar-refractivity contribution >= 4 is 45.0 Å². The maximum atomic E-state index is 12.7. The van der Waals surface area contributed by atoms with Crippen molar-refractivity contribution in [3.63, 3.8) is 0 Å². The molecule has 2 aromatic heterocycles. The van der Waals surface area contributed by atoms with E-state index in [1.54, 1.807) is 11.8 Å². The van der Waals surface area contributed by atoms with E-state index >= 15 is 0 Å². The van der Waals surface area contributed by atoms with E-state index in [1.165, 1.54) is 24.2 Å². The maximum Gasteiger partial charge on any atom is 0.261 e. The molecule has 0 spiro atoms. The SMILES string of the molecule is CSc1nc(N2CCCC2)c2cc(C(=O)NCCCN3CCOCC3)sc2n1. The minimum atomic E-state index is -0.0111. The first kappa shape index (κ1) is 19.9. The van der Waals surface area contributed by atoms with Crippen LogP contribution in [0.2, 0.25) is 0 Å². The molecule has 2 fully saturated rings. The summed E-state index contributed by atoms with van der Waals surface area (Å²) in [7, 11) is 0. The number of hydrogen-bond donors (Lipinski definition) is 1. The van der Waals surface area contributed by atoms with Gasteiger partial charge in [-0.25, -0.2) is 9.97 Å². The summed E-state index contributed by atoms with van der Waals surface area (Å²) in [5.41, 5.74) is 0. The summed E-state index contributed by atoms with van der Waals surface area (Å²) < 4.78 is 5.37. The van der Waals surface area contributed by atoms with E-state index in [-0.39, 0.29) is 5.91 Å². The Bertz CT molecular complexity index is 816. The lowest BCUT2D eigenvalue weighted by Gasteiger charge is -2.26. The Labute approximate surface area is 173 Å². The van der Waals surface area contributed by atoms with E-state index in [0.717, 1.165) is 78.4 Å². The summed E-state index contributed by atoms with van der Waals surface area (Å²) in [6, 6.07) is 1.97. The molecule has 0 unspecified atom stereocenters. The zero-order valence-corrected chi connectivity index (χ0v) is 17.9. The van der Waals surface area contributed by atoms with Crippen molar-refractivity contribution in [3.05, 3.63) is 10.9 Å². The van der Waals surface area contributed by atoms with Crippen LogP contribution < -0.4 is 10.2 Å². The molecule has 0 saturated carbocycles. The fourth-order valence-corrected chi connectivity index (χ4v) is 5.04. The Morgan fingerprint density at radius 2 is 2.04 bits per heavy atom. The van der Waals surface area contributed by atoms with Gasteiger partial charge in [-0.15, -0.1) is 11.3 Å². The molecule has 7 nitrogen and oxygen atoms in total. The van der Waals surface area contributed by atoms with Crippen LogP contribution >= 0.6 is 23.1 Å². The third-order valence-electron chi connectivity index (χ3n) is 5.20. The lowest BCUT2D eigenvalue weighted by Crippen LogP contribution is -2.38. The Morgan fingerprint density at radius 1 is 1.25 bits per heavy atom. The van der Waals surface area contributed by atoms with E-state index in [9.17, 15) is 4.79 Å². The van der Waals surface area contributed by atoms with Crippen LogP contribution in [0, 0.1) is 0 Å². The first-order chi connectivity index (χ1) is 13.7. The molecule has 2 aliphatic heterocycles. The molecular formula is C19H27N5O2S2. The van der Waals surface area contributed by atoms with E-state index in [0.29, 0.717) is 6.54 Å². The lowest BCUT2D eigenvalue weighted by molar-refractivity contribution is 0.0374. The van der Waals surface area contributed by atoms with Gasteiger partial charge in [0.05, 0.1) is 23.5 Å². The molecule has 0 bridgehead atoms. The first-order valence-electron chi connectivity index (χ1n) is 9.93. The number of ether oxygens (including phenoxy) is 1. The zero-order valence-electron chi connectivity index (χ0n) is 16.3. The third kappa shape index (κ3) is 4.59. The Balaban J connectivity index is 1.41. The predicted molar refractivity (Wildman–Crippen MR) is 115 cm³/mol. The highest BCUT2D eigenvalue weighted by molar-refractivity contribution is 7.98. The number of thioether (sulfide) groups is 1. The summed E-state index contributed by atoms with van der Waals surface area (Å²) in [6.45, 7) is 7.33. The number of fused-ring (bicyclic) bond motifs is 1. The van der Waals surface area contributed by atoms with Crippen molar-refractivity contribution in [2.75, 3.05) is 63.6 Å². The molecule has 2 aromatic rings. The van der Waals surface area contributed by atoms with Crippen LogP contribution in [-0.4, -0.2) is 79.5 Å². The van der Waals surface area contributed by atoms with Crippen LogP contribution in [0.3, 0.4) is 0 Å². The van der Waals surface area contributed by atoms with Crippen molar-refractivity contribution in [1.82, 2.24) is 20.2 Å². The number of thiophene rings is 1. The van der Waals surface area contributed by atoms with Crippen molar-refractivity contribution in [3.8, 4) is 0 Å². The van der Waals surface area contributed by atoms with Gasteiger partial charge in [0.25, 0.3) is 5.91 Å². The summed E-state index contributed by atoms with van der Waals surface area (Å²) in [4.78, 5) is 28.3. The molecule has 9 heteroatoms. The maximum absolute atomic E-state index is 12.7. The fraction of sp³-hybridized carbons (Fsp3) is 0.632. The molecule has 2 saturated heterocycles. The topological polar surface area (TPSA) is 70.6 Å². The normalized spacial score (nSPS) is 18.1. The van der Waals surface area contributed by atoms with Gasteiger partial charge in [-0.1, -0.05) is 11.8 Å². The fourth-order valence-electron chi connectivity index (χ4n) is 3.68. The second kappa shape index (κ2) is 9.39. The van der Waals surface area contributed by atoms with Crippen molar-refractivity contribution < 1.29 is 9.53 Å². The van der Waals surface area contributed by atoms with E-state index in [2.05, 4.69) is 20.1 Å². The molecule has 28 heavy (non-hydrogen) atoms. The quantitative estimate of drug-likeness (QED) is 0.418. The van der Waals surface area contributed by atoms with Gasteiger partial charge < -0.3 is 15.0 Å². The summed E-state index contributed by atoms with van der Waals surface area (Å²) in [5, 5.41) is 4.84. The van der Waals surface area contributed by atoms with Crippen molar-refractivity contribution in [2.24, 2.45) is 0 Å². The standard InChI is InChI=1S/C19H27N5O2S2/c1-27-19-21-16(24-7-2-3-8-24)14-13-15(28-18(14)22-19)17(25)20-5-4-6-23-9-11-26-12-10-23/h13H,2-12H2,1H3,(H,20,25). The van der Waals surface area contributed by atoms with Crippen molar-refractivity contribution in [2.45, 2.75) is 24.4 Å². The van der Waals surface area contributed by atoms with E-state index in [4.69, 9.17) is 9.72 Å². The number of carbonyl (C=O) groups is 1. The van der Waals surface area contributed by atoms with Crippen LogP contribution in [-0.2, 0) is 4.74 Å². The van der Waals surface area contributed by atoms with Crippen LogP contribution in [0.5, 0.6) is 0 Å². The average molecular weight is 422 g/mol. The summed E-state index contributed by atoms with van der Waals surface area (Å²) in [6.07, 6.45) is 5.33. The molecular weight excluding hydrogens is 394 g/mol. The summed E-state index contributed by atoms with van der Waals surface area (Å²) >= 11 is 3.01. The lowest BCUT2D eigenvalue weighted by atomic mass is 10.3. The Hall–Kier alpha value is -1.42. The number of amides is 1. The zero-order chi connectivity index (χ0) is 19.3. The Kier molecular flexibility index (Phi) is 6.66. The minimum Gasteiger partial charge on any atom is -0.379 e. The first-order valence-corrected chi connectivity index (χ1v) is 12.0. The molecule has 0 radical (unpaired) electrons. The average Bonchev–Trinajstić information content (AvgIpc) is 3.41. The van der Waals surface area contributed by atoms with Crippen LogP contribution in [0.1, 0.15) is 28.9 Å². The minimum absolute atomic E-state index is 0.0111. The largest absolute Gasteiger partial charge is 0.379 e. The second-order valence-corrected chi connectivity index (χ2v) is 8.93. The highest BCUT2D eigenvalue weighted by atomic mass is 32.2. The van der Waals surface area contributed by atoms with Gasteiger partial charge in [-0.2, -0.15) is 0 Å².